The van der Waals surface area contributed by atoms with Gasteiger partial charge in [0, 0.05) is 52.4 Å². The molecule has 1 aromatic rings. The molecule has 1 rings (SSSR count). The largest absolute Gasteiger partial charge is 0.493 e. The SMILES string of the molecule is CN=C(NCCCOCC(F)(F)F)NCc1ccc(C)cc1OCCCOC.I. The number of aliphatic imine (C=N–C) groups is 1. The van der Waals surface area contributed by atoms with Crippen molar-refractivity contribution in [3.63, 3.8) is 0 Å². The maximum absolute atomic E-state index is 12.0. The van der Waals surface area contributed by atoms with Crippen LogP contribution in [-0.2, 0) is 16.0 Å². The number of guanidine groups is 1. The Hall–Kier alpha value is -1.27. The second-order valence-electron chi connectivity index (χ2n) is 6.18. The molecule has 0 saturated heterocycles. The molecule has 0 aliphatic carbocycles. The minimum atomic E-state index is -4.29. The minimum absolute atomic E-state index is 0. The smallest absolute Gasteiger partial charge is 0.411 e. The Morgan fingerprint density at radius 1 is 1.10 bits per heavy atom. The van der Waals surface area contributed by atoms with Crippen LogP contribution in [0.15, 0.2) is 23.2 Å². The van der Waals surface area contributed by atoms with Crippen molar-refractivity contribution in [3.8, 4) is 5.75 Å². The summed E-state index contributed by atoms with van der Waals surface area (Å²) in [6, 6.07) is 5.98. The quantitative estimate of drug-likeness (QED) is 0.186. The van der Waals surface area contributed by atoms with Gasteiger partial charge in [-0.2, -0.15) is 13.2 Å². The first-order chi connectivity index (χ1) is 13.4. The summed E-state index contributed by atoms with van der Waals surface area (Å²) in [6.45, 7) is 2.97. The van der Waals surface area contributed by atoms with Crippen molar-refractivity contribution in [2.45, 2.75) is 32.5 Å². The summed E-state index contributed by atoms with van der Waals surface area (Å²) in [5.41, 5.74) is 2.09. The fourth-order valence-electron chi connectivity index (χ4n) is 2.30. The van der Waals surface area contributed by atoms with Gasteiger partial charge in [-0.25, -0.2) is 0 Å². The molecule has 6 nitrogen and oxygen atoms in total. The molecule has 168 valence electrons. The van der Waals surface area contributed by atoms with E-state index in [1.165, 1.54) is 0 Å². The Labute approximate surface area is 187 Å². The van der Waals surface area contributed by atoms with Crippen LogP contribution in [0.3, 0.4) is 0 Å². The zero-order valence-electron chi connectivity index (χ0n) is 17.1. The van der Waals surface area contributed by atoms with Gasteiger partial charge in [0.15, 0.2) is 5.96 Å². The van der Waals surface area contributed by atoms with Crippen LogP contribution in [0.1, 0.15) is 24.0 Å². The highest BCUT2D eigenvalue weighted by atomic mass is 127. The molecule has 1 aromatic carbocycles. The molecule has 0 aliphatic rings. The number of ether oxygens (including phenoxy) is 3. The highest BCUT2D eigenvalue weighted by Crippen LogP contribution is 2.20. The number of methoxy groups -OCH3 is 1. The van der Waals surface area contributed by atoms with Crippen LogP contribution in [0, 0.1) is 6.92 Å². The molecule has 2 N–H and O–H groups in total. The molecule has 10 heteroatoms. The van der Waals surface area contributed by atoms with Crippen LogP contribution >= 0.6 is 24.0 Å². The van der Waals surface area contributed by atoms with Crippen molar-refractivity contribution >= 4 is 29.9 Å². The van der Waals surface area contributed by atoms with E-state index in [1.807, 2.05) is 25.1 Å². The van der Waals surface area contributed by atoms with Crippen molar-refractivity contribution in [2.24, 2.45) is 4.99 Å². The molecule has 0 aliphatic heterocycles. The molecule has 0 atom stereocenters. The lowest BCUT2D eigenvalue weighted by Crippen LogP contribution is -2.37. The molecule has 0 fully saturated rings. The Morgan fingerprint density at radius 3 is 2.52 bits per heavy atom. The van der Waals surface area contributed by atoms with E-state index < -0.39 is 12.8 Å². The average molecular weight is 533 g/mol. The Balaban J connectivity index is 0.00000784. The summed E-state index contributed by atoms with van der Waals surface area (Å²) in [4.78, 5) is 4.11. The summed E-state index contributed by atoms with van der Waals surface area (Å²) in [6.07, 6.45) is -3.05. The number of aryl methyl sites for hydroxylation is 1. The normalized spacial score (nSPS) is 11.7. The number of halogens is 4. The zero-order valence-corrected chi connectivity index (χ0v) is 19.4. The van der Waals surface area contributed by atoms with Crippen molar-refractivity contribution in [1.82, 2.24) is 10.6 Å². The number of alkyl halides is 3. The third-order valence-electron chi connectivity index (χ3n) is 3.67. The molecule has 0 unspecified atom stereocenters. The first-order valence-corrected chi connectivity index (χ1v) is 9.16. The maximum atomic E-state index is 12.0. The van der Waals surface area contributed by atoms with E-state index in [0.29, 0.717) is 38.7 Å². The van der Waals surface area contributed by atoms with Crippen molar-refractivity contribution in [1.29, 1.82) is 0 Å². The van der Waals surface area contributed by atoms with Gasteiger partial charge in [-0.1, -0.05) is 12.1 Å². The highest BCUT2D eigenvalue weighted by Gasteiger charge is 2.27. The molecule has 0 heterocycles. The van der Waals surface area contributed by atoms with Gasteiger partial charge in [0.05, 0.1) is 6.61 Å². The van der Waals surface area contributed by atoms with Crippen LogP contribution in [-0.4, -0.2) is 59.3 Å². The Bertz CT molecular complexity index is 602. The minimum Gasteiger partial charge on any atom is -0.493 e. The maximum Gasteiger partial charge on any atom is 0.411 e. The van der Waals surface area contributed by atoms with E-state index in [4.69, 9.17) is 9.47 Å². The van der Waals surface area contributed by atoms with Crippen molar-refractivity contribution < 1.29 is 27.4 Å². The first-order valence-electron chi connectivity index (χ1n) is 9.16. The molecule has 0 spiro atoms. The van der Waals surface area contributed by atoms with Gasteiger partial charge in [-0.15, -0.1) is 24.0 Å². The van der Waals surface area contributed by atoms with E-state index in [0.717, 1.165) is 23.3 Å². The van der Waals surface area contributed by atoms with Crippen LogP contribution in [0.4, 0.5) is 13.2 Å². The second-order valence-corrected chi connectivity index (χ2v) is 6.18. The molecule has 0 saturated carbocycles. The Morgan fingerprint density at radius 2 is 1.86 bits per heavy atom. The van der Waals surface area contributed by atoms with Crippen molar-refractivity contribution in [2.75, 3.05) is 47.1 Å². The summed E-state index contributed by atoms with van der Waals surface area (Å²) >= 11 is 0. The molecular formula is C19H31F3IN3O3. The van der Waals surface area contributed by atoms with Crippen LogP contribution in [0.5, 0.6) is 5.75 Å². The monoisotopic (exact) mass is 533 g/mol. The highest BCUT2D eigenvalue weighted by molar-refractivity contribution is 14.0. The van der Waals surface area contributed by atoms with E-state index in [-0.39, 0.29) is 30.6 Å². The molecule has 0 radical (unpaired) electrons. The summed E-state index contributed by atoms with van der Waals surface area (Å²) in [5, 5.41) is 6.22. The average Bonchev–Trinajstić information content (AvgIpc) is 2.64. The van der Waals surface area contributed by atoms with E-state index in [2.05, 4.69) is 20.4 Å². The van der Waals surface area contributed by atoms with Gasteiger partial charge in [-0.3, -0.25) is 4.99 Å². The summed E-state index contributed by atoms with van der Waals surface area (Å²) in [7, 11) is 3.29. The predicted molar refractivity (Wildman–Crippen MR) is 118 cm³/mol. The van der Waals surface area contributed by atoms with Gasteiger partial charge in [-0.05, 0) is 25.0 Å². The lowest BCUT2D eigenvalue weighted by atomic mass is 10.1. The van der Waals surface area contributed by atoms with Crippen LogP contribution < -0.4 is 15.4 Å². The van der Waals surface area contributed by atoms with Gasteiger partial charge in [0.2, 0.25) is 0 Å². The molecule has 0 aromatic heterocycles. The van der Waals surface area contributed by atoms with Gasteiger partial charge in [0.25, 0.3) is 0 Å². The molecular weight excluding hydrogens is 502 g/mol. The lowest BCUT2D eigenvalue weighted by Gasteiger charge is -2.15. The number of benzene rings is 1. The third-order valence-corrected chi connectivity index (χ3v) is 3.67. The zero-order chi connectivity index (χ0) is 20.8. The third kappa shape index (κ3) is 13.6. The summed E-state index contributed by atoms with van der Waals surface area (Å²) < 4.78 is 51.4. The van der Waals surface area contributed by atoms with E-state index in [9.17, 15) is 13.2 Å². The number of nitrogens with zero attached hydrogens (tertiary/aromatic N) is 1. The first kappa shape index (κ1) is 27.7. The number of hydrogen-bond acceptors (Lipinski definition) is 4. The van der Waals surface area contributed by atoms with Gasteiger partial charge < -0.3 is 24.8 Å². The second kappa shape index (κ2) is 15.6. The van der Waals surface area contributed by atoms with Gasteiger partial charge in [0.1, 0.15) is 12.4 Å². The summed E-state index contributed by atoms with van der Waals surface area (Å²) in [5.74, 6) is 1.36. The number of rotatable bonds is 12. The molecule has 0 bridgehead atoms. The fraction of sp³-hybridized carbons (Fsp3) is 0.632. The number of hydrogen-bond donors (Lipinski definition) is 2. The van der Waals surface area contributed by atoms with Gasteiger partial charge >= 0.3 is 6.18 Å². The molecule has 29 heavy (non-hydrogen) atoms. The molecule has 0 amide bonds. The van der Waals surface area contributed by atoms with E-state index in [1.54, 1.807) is 14.2 Å². The lowest BCUT2D eigenvalue weighted by molar-refractivity contribution is -0.173. The van der Waals surface area contributed by atoms with Crippen molar-refractivity contribution in [3.05, 3.63) is 29.3 Å². The Kier molecular flexibility index (Phi) is 14.9. The standard InChI is InChI=1S/C19H30F3N3O3.HI/c1-15-6-7-16(17(12-15)28-11-5-9-26-3)13-25-18(23-2)24-8-4-10-27-14-19(20,21)22;/h6-7,12H,4-5,8-11,13-14H2,1-3H3,(H2,23,24,25);1H. The number of nitrogens with one attached hydrogen (secondary N) is 2. The fourth-order valence-corrected chi connectivity index (χ4v) is 2.30. The van der Waals surface area contributed by atoms with E-state index >= 15 is 0 Å². The van der Waals surface area contributed by atoms with Crippen LogP contribution in [0.25, 0.3) is 0 Å². The van der Waals surface area contributed by atoms with Crippen LogP contribution in [0.2, 0.25) is 0 Å². The topological polar surface area (TPSA) is 64.1 Å². The predicted octanol–water partition coefficient (Wildman–Crippen LogP) is 3.66.